The van der Waals surface area contributed by atoms with Gasteiger partial charge in [-0.25, -0.2) is 0 Å². The van der Waals surface area contributed by atoms with E-state index in [2.05, 4.69) is 29.2 Å². The van der Waals surface area contributed by atoms with E-state index in [9.17, 15) is 0 Å². The highest BCUT2D eigenvalue weighted by Gasteiger charge is 2.04. The van der Waals surface area contributed by atoms with Crippen molar-refractivity contribution >= 4 is 0 Å². The summed E-state index contributed by atoms with van der Waals surface area (Å²) in [5.74, 6) is 0. The summed E-state index contributed by atoms with van der Waals surface area (Å²) in [5.41, 5.74) is 3.99. The summed E-state index contributed by atoms with van der Waals surface area (Å²) < 4.78 is 5.27. The van der Waals surface area contributed by atoms with Crippen molar-refractivity contribution in [2.45, 2.75) is 19.6 Å². The molecule has 0 spiro atoms. The van der Waals surface area contributed by atoms with Crippen LogP contribution in [0.2, 0.25) is 0 Å². The Morgan fingerprint density at radius 3 is 2.28 bits per heavy atom. The number of pyridine rings is 1. The number of nitrogens with zero attached hydrogens (tertiary/aromatic N) is 1. The highest BCUT2D eigenvalue weighted by atomic mass is 16.5. The van der Waals surface area contributed by atoms with Gasteiger partial charge < -0.3 is 9.84 Å². The Hall–Kier alpha value is -1.71. The smallest absolute Gasteiger partial charge is 0.0852 e. The van der Waals surface area contributed by atoms with Gasteiger partial charge >= 0.3 is 0 Å². The van der Waals surface area contributed by atoms with Crippen LogP contribution >= 0.6 is 0 Å². The molecule has 3 nitrogen and oxygen atoms in total. The Balaban J connectivity index is 2.22. The van der Waals surface area contributed by atoms with E-state index in [1.807, 2.05) is 19.1 Å². The molecule has 0 aliphatic heterocycles. The minimum absolute atomic E-state index is 0.0232. The van der Waals surface area contributed by atoms with Crippen LogP contribution in [0.5, 0.6) is 0 Å². The van der Waals surface area contributed by atoms with E-state index in [0.717, 1.165) is 16.7 Å². The van der Waals surface area contributed by atoms with E-state index in [4.69, 9.17) is 9.84 Å². The maximum Gasteiger partial charge on any atom is 0.0852 e. The van der Waals surface area contributed by atoms with Crippen molar-refractivity contribution in [1.29, 1.82) is 0 Å². The minimum Gasteiger partial charge on any atom is -0.390 e. The molecule has 0 fully saturated rings. The first kappa shape index (κ1) is 12.7. The predicted molar refractivity (Wildman–Crippen MR) is 71.0 cm³/mol. The van der Waals surface area contributed by atoms with Gasteiger partial charge in [-0.3, -0.25) is 4.98 Å². The third-order valence-electron chi connectivity index (χ3n) is 3.05. The summed E-state index contributed by atoms with van der Waals surface area (Å²) in [6, 6.07) is 12.0. The van der Waals surface area contributed by atoms with E-state index < -0.39 is 0 Å². The maximum absolute atomic E-state index is 8.95. The highest BCUT2D eigenvalue weighted by Crippen LogP contribution is 2.22. The molecule has 1 aromatic heterocycles. The van der Waals surface area contributed by atoms with Crippen LogP contribution in [-0.4, -0.2) is 17.2 Å². The molecular weight excluding hydrogens is 226 g/mol. The SMILES string of the molecule is CO[C@@H](C)c1ccc(-c2ccc(CO)nc2)cc1. The van der Waals surface area contributed by atoms with E-state index in [1.54, 1.807) is 13.3 Å². The fraction of sp³-hybridized carbons (Fsp3) is 0.267. The van der Waals surface area contributed by atoms with Gasteiger partial charge in [0.1, 0.15) is 0 Å². The van der Waals surface area contributed by atoms with Crippen LogP contribution in [0.25, 0.3) is 11.1 Å². The Kier molecular flexibility index (Phi) is 4.07. The first-order valence-electron chi connectivity index (χ1n) is 5.93. The predicted octanol–water partition coefficient (Wildman–Crippen LogP) is 2.95. The van der Waals surface area contributed by atoms with E-state index in [1.165, 1.54) is 0 Å². The van der Waals surface area contributed by atoms with Crippen LogP contribution < -0.4 is 0 Å². The van der Waals surface area contributed by atoms with Crippen molar-refractivity contribution in [3.05, 3.63) is 53.9 Å². The van der Waals surface area contributed by atoms with Gasteiger partial charge in [0.15, 0.2) is 0 Å². The number of aliphatic hydroxyl groups excluding tert-OH is 1. The molecule has 1 heterocycles. The molecule has 1 aromatic carbocycles. The molecular formula is C15H17NO2. The molecule has 0 saturated carbocycles. The largest absolute Gasteiger partial charge is 0.390 e. The molecule has 0 bridgehead atoms. The molecule has 0 radical (unpaired) electrons. The van der Waals surface area contributed by atoms with Gasteiger partial charge in [0.25, 0.3) is 0 Å². The van der Waals surface area contributed by atoms with Crippen LogP contribution in [0, 0.1) is 0 Å². The molecule has 0 aliphatic rings. The van der Waals surface area contributed by atoms with Crippen molar-refractivity contribution in [1.82, 2.24) is 4.98 Å². The number of aliphatic hydroxyl groups is 1. The van der Waals surface area contributed by atoms with Crippen molar-refractivity contribution < 1.29 is 9.84 Å². The Morgan fingerprint density at radius 1 is 1.11 bits per heavy atom. The lowest BCUT2D eigenvalue weighted by Gasteiger charge is -2.10. The van der Waals surface area contributed by atoms with Gasteiger partial charge in [0.2, 0.25) is 0 Å². The lowest BCUT2D eigenvalue weighted by atomic mass is 10.0. The first-order chi connectivity index (χ1) is 8.74. The second kappa shape index (κ2) is 5.76. The van der Waals surface area contributed by atoms with Gasteiger partial charge in [-0.15, -0.1) is 0 Å². The van der Waals surface area contributed by atoms with Crippen LogP contribution in [-0.2, 0) is 11.3 Å². The molecule has 3 heteroatoms. The first-order valence-corrected chi connectivity index (χ1v) is 5.93. The third kappa shape index (κ3) is 2.75. The number of ether oxygens (including phenoxy) is 1. The zero-order valence-corrected chi connectivity index (χ0v) is 10.6. The number of aromatic nitrogens is 1. The molecule has 2 aromatic rings. The van der Waals surface area contributed by atoms with Crippen molar-refractivity contribution in [2.75, 3.05) is 7.11 Å². The minimum atomic E-state index is -0.0232. The fourth-order valence-electron chi connectivity index (χ4n) is 1.77. The number of rotatable bonds is 4. The summed E-state index contributed by atoms with van der Waals surface area (Å²) in [7, 11) is 1.70. The lowest BCUT2D eigenvalue weighted by molar-refractivity contribution is 0.119. The van der Waals surface area contributed by atoms with Crippen molar-refractivity contribution in [2.24, 2.45) is 0 Å². The monoisotopic (exact) mass is 243 g/mol. The zero-order chi connectivity index (χ0) is 13.0. The van der Waals surface area contributed by atoms with Gasteiger partial charge in [0.05, 0.1) is 18.4 Å². The van der Waals surface area contributed by atoms with E-state index in [-0.39, 0.29) is 12.7 Å². The van der Waals surface area contributed by atoms with Crippen LogP contribution in [0.1, 0.15) is 24.3 Å². The highest BCUT2D eigenvalue weighted by molar-refractivity contribution is 5.62. The molecule has 0 amide bonds. The van der Waals surface area contributed by atoms with Gasteiger partial charge in [0, 0.05) is 18.9 Å². The van der Waals surface area contributed by atoms with E-state index in [0.29, 0.717) is 5.69 Å². The lowest BCUT2D eigenvalue weighted by Crippen LogP contribution is -1.95. The summed E-state index contributed by atoms with van der Waals surface area (Å²) in [4.78, 5) is 4.17. The van der Waals surface area contributed by atoms with Crippen molar-refractivity contribution in [3.8, 4) is 11.1 Å². The van der Waals surface area contributed by atoms with Gasteiger partial charge in [-0.2, -0.15) is 0 Å². The zero-order valence-electron chi connectivity index (χ0n) is 10.6. The van der Waals surface area contributed by atoms with Crippen LogP contribution in [0.4, 0.5) is 0 Å². The second-order valence-corrected chi connectivity index (χ2v) is 4.20. The summed E-state index contributed by atoms with van der Waals surface area (Å²) >= 11 is 0. The standard InChI is InChI=1S/C15H17NO2/c1-11(18-2)12-3-5-13(6-4-12)14-7-8-15(10-17)16-9-14/h3-9,11,17H,10H2,1-2H3/t11-/m0/s1. The summed E-state index contributed by atoms with van der Waals surface area (Å²) in [6.07, 6.45) is 1.88. The number of hydrogen-bond acceptors (Lipinski definition) is 3. The molecule has 1 N–H and O–H groups in total. The average molecular weight is 243 g/mol. The second-order valence-electron chi connectivity index (χ2n) is 4.20. The Bertz CT molecular complexity index is 491. The Labute approximate surface area is 107 Å². The molecule has 18 heavy (non-hydrogen) atoms. The van der Waals surface area contributed by atoms with Gasteiger partial charge in [-0.05, 0) is 24.1 Å². The van der Waals surface area contributed by atoms with Gasteiger partial charge in [-0.1, -0.05) is 30.3 Å². The van der Waals surface area contributed by atoms with Crippen LogP contribution in [0.15, 0.2) is 42.6 Å². The fourth-order valence-corrected chi connectivity index (χ4v) is 1.77. The molecule has 94 valence electrons. The Morgan fingerprint density at radius 2 is 1.78 bits per heavy atom. The number of benzene rings is 1. The third-order valence-corrected chi connectivity index (χ3v) is 3.05. The average Bonchev–Trinajstić information content (AvgIpc) is 2.47. The molecule has 1 atom stereocenters. The maximum atomic E-state index is 8.95. The molecule has 2 rings (SSSR count). The quantitative estimate of drug-likeness (QED) is 0.897. The normalized spacial score (nSPS) is 12.4. The molecule has 0 saturated heterocycles. The summed E-state index contributed by atoms with van der Waals surface area (Å²) in [6.45, 7) is 2.00. The number of methoxy groups -OCH3 is 1. The number of hydrogen-bond donors (Lipinski definition) is 1. The van der Waals surface area contributed by atoms with Crippen LogP contribution in [0.3, 0.4) is 0 Å². The van der Waals surface area contributed by atoms with Crippen molar-refractivity contribution in [3.63, 3.8) is 0 Å². The summed E-state index contributed by atoms with van der Waals surface area (Å²) in [5, 5.41) is 8.95. The topological polar surface area (TPSA) is 42.4 Å². The molecule has 0 unspecified atom stereocenters. The molecule has 0 aliphatic carbocycles. The van der Waals surface area contributed by atoms with E-state index >= 15 is 0 Å².